The zero-order valence-electron chi connectivity index (χ0n) is 17.3. The van der Waals surface area contributed by atoms with Crippen molar-refractivity contribution >= 4 is 5.91 Å². The van der Waals surface area contributed by atoms with Gasteiger partial charge in [-0.25, -0.2) is 0 Å². The lowest BCUT2D eigenvalue weighted by atomic mass is 9.73. The van der Waals surface area contributed by atoms with Crippen LogP contribution in [0.1, 0.15) is 50.3 Å². The zero-order valence-corrected chi connectivity index (χ0v) is 17.3. The SMILES string of the molecule is CC1C2Cc3ncc(OC(F)F)cc3CN2C(=O)[C@]12CC[C@@H](NC1CCOCC1)C2. The number of pyridine rings is 1. The summed E-state index contributed by atoms with van der Waals surface area (Å²) in [7, 11) is 0. The monoisotopic (exact) mass is 421 g/mol. The number of alkyl halides is 2. The molecular weight excluding hydrogens is 392 g/mol. The normalized spacial score (nSPS) is 33.9. The summed E-state index contributed by atoms with van der Waals surface area (Å²) in [4.78, 5) is 19.9. The number of nitrogens with one attached hydrogen (secondary N) is 1. The smallest absolute Gasteiger partial charge is 0.387 e. The number of hydrogen-bond acceptors (Lipinski definition) is 5. The van der Waals surface area contributed by atoms with E-state index in [9.17, 15) is 13.6 Å². The molecular formula is C22H29F2N3O3. The largest absolute Gasteiger partial charge is 0.433 e. The summed E-state index contributed by atoms with van der Waals surface area (Å²) >= 11 is 0. The molecule has 5 rings (SSSR count). The average Bonchev–Trinajstić information content (AvgIpc) is 3.24. The first-order chi connectivity index (χ1) is 14.5. The van der Waals surface area contributed by atoms with Crippen LogP contribution in [0.5, 0.6) is 5.75 Å². The van der Waals surface area contributed by atoms with Gasteiger partial charge in [-0.15, -0.1) is 0 Å². The summed E-state index contributed by atoms with van der Waals surface area (Å²) in [5.41, 5.74) is 1.39. The highest BCUT2D eigenvalue weighted by atomic mass is 19.3. The van der Waals surface area contributed by atoms with Gasteiger partial charge >= 0.3 is 6.61 Å². The molecule has 1 amide bonds. The fraction of sp³-hybridized carbons (Fsp3) is 0.727. The number of nitrogens with zero attached hydrogens (tertiary/aromatic N) is 2. The summed E-state index contributed by atoms with van der Waals surface area (Å²) < 4.78 is 35.1. The lowest BCUT2D eigenvalue weighted by Crippen LogP contribution is -2.42. The molecule has 1 aromatic heterocycles. The van der Waals surface area contributed by atoms with Crippen LogP contribution >= 0.6 is 0 Å². The van der Waals surface area contributed by atoms with E-state index >= 15 is 0 Å². The van der Waals surface area contributed by atoms with Crippen molar-refractivity contribution < 1.29 is 23.0 Å². The Morgan fingerprint density at radius 1 is 1.30 bits per heavy atom. The first kappa shape index (κ1) is 20.1. The van der Waals surface area contributed by atoms with Crippen molar-refractivity contribution in [2.24, 2.45) is 11.3 Å². The number of carbonyl (C=O) groups excluding carboxylic acids is 1. The van der Waals surface area contributed by atoms with Crippen LogP contribution in [0.3, 0.4) is 0 Å². The van der Waals surface area contributed by atoms with Crippen molar-refractivity contribution in [3.63, 3.8) is 0 Å². The van der Waals surface area contributed by atoms with E-state index in [4.69, 9.17) is 4.74 Å². The van der Waals surface area contributed by atoms with Crippen molar-refractivity contribution in [1.29, 1.82) is 0 Å². The second-order valence-corrected chi connectivity index (χ2v) is 9.30. The highest BCUT2D eigenvalue weighted by Crippen LogP contribution is 2.54. The molecule has 0 bridgehead atoms. The van der Waals surface area contributed by atoms with Crippen LogP contribution in [0.25, 0.3) is 0 Å². The minimum atomic E-state index is -2.88. The molecule has 2 unspecified atom stereocenters. The highest BCUT2D eigenvalue weighted by Gasteiger charge is 2.60. The lowest BCUT2D eigenvalue weighted by molar-refractivity contribution is -0.138. The van der Waals surface area contributed by atoms with Gasteiger partial charge in [-0.05, 0) is 49.7 Å². The molecule has 1 saturated carbocycles. The molecule has 0 radical (unpaired) electrons. The number of aromatic nitrogens is 1. The quantitative estimate of drug-likeness (QED) is 0.810. The molecule has 4 atom stereocenters. The first-order valence-corrected chi connectivity index (χ1v) is 11.0. The van der Waals surface area contributed by atoms with Gasteiger partial charge in [0.05, 0.1) is 11.6 Å². The Hall–Kier alpha value is -1.80. The molecule has 164 valence electrons. The number of ether oxygens (including phenoxy) is 2. The third-order valence-electron chi connectivity index (χ3n) is 7.78. The number of fused-ring (bicyclic) bond motifs is 2. The number of rotatable bonds is 4. The van der Waals surface area contributed by atoms with Gasteiger partial charge in [0.25, 0.3) is 0 Å². The number of amides is 1. The van der Waals surface area contributed by atoms with Crippen molar-refractivity contribution in [3.05, 3.63) is 23.5 Å². The van der Waals surface area contributed by atoms with Gasteiger partial charge in [-0.3, -0.25) is 9.78 Å². The molecule has 6 nitrogen and oxygen atoms in total. The van der Waals surface area contributed by atoms with E-state index in [0.717, 1.165) is 56.6 Å². The van der Waals surface area contributed by atoms with Gasteiger partial charge in [-0.1, -0.05) is 6.92 Å². The third-order valence-corrected chi connectivity index (χ3v) is 7.78. The Kier molecular flexibility index (Phi) is 5.17. The Bertz CT molecular complexity index is 817. The van der Waals surface area contributed by atoms with Gasteiger partial charge in [0.15, 0.2) is 0 Å². The van der Waals surface area contributed by atoms with E-state index in [1.54, 1.807) is 6.07 Å². The van der Waals surface area contributed by atoms with Crippen LogP contribution in [0.15, 0.2) is 12.3 Å². The average molecular weight is 421 g/mol. The van der Waals surface area contributed by atoms with Gasteiger partial charge in [-0.2, -0.15) is 8.78 Å². The fourth-order valence-electron chi connectivity index (χ4n) is 6.16. The Morgan fingerprint density at radius 2 is 2.10 bits per heavy atom. The second-order valence-electron chi connectivity index (χ2n) is 9.30. The molecule has 0 aromatic carbocycles. The molecule has 1 aliphatic carbocycles. The van der Waals surface area contributed by atoms with Crippen LogP contribution in [-0.4, -0.2) is 53.7 Å². The maximum Gasteiger partial charge on any atom is 0.387 e. The van der Waals surface area contributed by atoms with Gasteiger partial charge < -0.3 is 19.7 Å². The van der Waals surface area contributed by atoms with Crippen LogP contribution < -0.4 is 10.1 Å². The van der Waals surface area contributed by atoms with E-state index in [0.29, 0.717) is 25.0 Å². The summed E-state index contributed by atoms with van der Waals surface area (Å²) in [5, 5.41) is 3.78. The molecule has 3 aliphatic heterocycles. The summed E-state index contributed by atoms with van der Waals surface area (Å²) in [5.74, 6) is 0.527. The molecule has 1 spiro atoms. The minimum Gasteiger partial charge on any atom is -0.433 e. The third kappa shape index (κ3) is 3.38. The number of halogens is 2. The van der Waals surface area contributed by atoms with E-state index in [1.165, 1.54) is 6.20 Å². The highest BCUT2D eigenvalue weighted by molar-refractivity contribution is 5.87. The Balaban J connectivity index is 1.32. The Labute approximate surface area is 175 Å². The molecule has 4 heterocycles. The number of carbonyl (C=O) groups is 1. The lowest BCUT2D eigenvalue weighted by Gasteiger charge is -2.32. The molecule has 2 saturated heterocycles. The minimum absolute atomic E-state index is 0.0539. The molecule has 1 N–H and O–H groups in total. The van der Waals surface area contributed by atoms with Crippen molar-refractivity contribution in [2.45, 2.75) is 76.7 Å². The standard InChI is InChI=1S/C22H29F2N3O3/c1-13-19-9-18-14(8-17(11-25-18)30-21(23)24)12-27(19)20(28)22(13)5-2-16(10-22)26-15-3-6-29-7-4-15/h8,11,13,15-16,19,21,26H,2-7,9-10,12H2,1H3/t13?,16-,19?,22+/m1/s1. The van der Waals surface area contributed by atoms with Gasteiger partial charge in [0.1, 0.15) is 5.75 Å². The molecule has 3 fully saturated rings. The zero-order chi connectivity index (χ0) is 20.9. The van der Waals surface area contributed by atoms with Crippen LogP contribution in [0, 0.1) is 11.3 Å². The first-order valence-electron chi connectivity index (χ1n) is 11.0. The summed E-state index contributed by atoms with van der Waals surface area (Å²) in [6.45, 7) is 1.37. The van der Waals surface area contributed by atoms with Gasteiger partial charge in [0.2, 0.25) is 5.91 Å². The molecule has 1 aromatic rings. The summed E-state index contributed by atoms with van der Waals surface area (Å²) in [6.07, 6.45) is 6.91. The van der Waals surface area contributed by atoms with E-state index in [1.807, 2.05) is 4.90 Å². The van der Waals surface area contributed by atoms with Crippen LogP contribution in [0.4, 0.5) is 8.78 Å². The predicted octanol–water partition coefficient (Wildman–Crippen LogP) is 2.89. The van der Waals surface area contributed by atoms with Crippen molar-refractivity contribution in [3.8, 4) is 5.75 Å². The topological polar surface area (TPSA) is 63.7 Å². The summed E-state index contributed by atoms with van der Waals surface area (Å²) in [6, 6.07) is 2.58. The molecule has 4 aliphatic rings. The Morgan fingerprint density at radius 3 is 2.87 bits per heavy atom. The van der Waals surface area contributed by atoms with Crippen LogP contribution in [0.2, 0.25) is 0 Å². The molecule has 8 heteroatoms. The van der Waals surface area contributed by atoms with Gasteiger partial charge in [0, 0.05) is 50.0 Å². The fourth-order valence-corrected chi connectivity index (χ4v) is 6.16. The maximum atomic E-state index is 13.6. The second kappa shape index (κ2) is 7.71. The number of hydrogen-bond donors (Lipinski definition) is 1. The van der Waals surface area contributed by atoms with Crippen molar-refractivity contribution in [2.75, 3.05) is 13.2 Å². The predicted molar refractivity (Wildman–Crippen MR) is 105 cm³/mol. The van der Waals surface area contributed by atoms with Crippen molar-refractivity contribution in [1.82, 2.24) is 15.2 Å². The van der Waals surface area contributed by atoms with Crippen LogP contribution in [-0.2, 0) is 22.5 Å². The van der Waals surface area contributed by atoms with E-state index in [-0.39, 0.29) is 29.0 Å². The van der Waals surface area contributed by atoms with E-state index < -0.39 is 6.61 Å². The molecule has 30 heavy (non-hydrogen) atoms. The van der Waals surface area contributed by atoms with E-state index in [2.05, 4.69) is 22.0 Å². The maximum absolute atomic E-state index is 13.6.